The van der Waals surface area contributed by atoms with Crippen molar-refractivity contribution >= 4 is 17.6 Å². The van der Waals surface area contributed by atoms with Crippen molar-refractivity contribution in [3.8, 4) is 11.5 Å². The van der Waals surface area contributed by atoms with Crippen LogP contribution in [0.15, 0.2) is 42.5 Å². The van der Waals surface area contributed by atoms with Crippen LogP contribution in [0, 0.1) is 6.92 Å². The number of benzene rings is 2. The number of carboxylic acids is 1. The topological polar surface area (TPSA) is 55.8 Å². The fourth-order valence-electron chi connectivity index (χ4n) is 2.12. The number of aliphatic carboxylic acids is 1. The molecule has 0 aromatic heterocycles. The van der Waals surface area contributed by atoms with Crippen molar-refractivity contribution in [1.82, 2.24) is 0 Å². The fraction of sp³-hybridized carbons (Fsp3) is 0.235. The summed E-state index contributed by atoms with van der Waals surface area (Å²) in [4.78, 5) is 11.5. The lowest BCUT2D eigenvalue weighted by atomic mass is 10.0. The second kappa shape index (κ2) is 7.18. The Kier molecular flexibility index (Phi) is 5.28. The van der Waals surface area contributed by atoms with Gasteiger partial charge in [-0.3, -0.25) is 0 Å². The van der Waals surface area contributed by atoms with Crippen molar-refractivity contribution in [2.75, 3.05) is 7.11 Å². The van der Waals surface area contributed by atoms with Crippen molar-refractivity contribution < 1.29 is 19.4 Å². The number of halogens is 1. The van der Waals surface area contributed by atoms with Crippen molar-refractivity contribution in [2.24, 2.45) is 0 Å². The van der Waals surface area contributed by atoms with E-state index < -0.39 is 12.1 Å². The van der Waals surface area contributed by atoms with Crippen molar-refractivity contribution in [1.29, 1.82) is 0 Å². The predicted molar refractivity (Wildman–Crippen MR) is 84.9 cm³/mol. The van der Waals surface area contributed by atoms with Crippen LogP contribution in [0.2, 0.25) is 5.02 Å². The van der Waals surface area contributed by atoms with Crippen LogP contribution in [0.5, 0.6) is 11.5 Å². The lowest BCUT2D eigenvalue weighted by molar-refractivity contribution is -0.145. The van der Waals surface area contributed by atoms with Gasteiger partial charge in [-0.2, -0.15) is 0 Å². The molecule has 5 heteroatoms. The lowest BCUT2D eigenvalue weighted by Gasteiger charge is -2.17. The van der Waals surface area contributed by atoms with Crippen LogP contribution in [0.25, 0.3) is 0 Å². The molecule has 0 fully saturated rings. The van der Waals surface area contributed by atoms with Gasteiger partial charge in [0.05, 0.1) is 7.11 Å². The highest BCUT2D eigenvalue weighted by molar-refractivity contribution is 6.30. The van der Waals surface area contributed by atoms with E-state index in [1.807, 2.05) is 25.1 Å². The summed E-state index contributed by atoms with van der Waals surface area (Å²) in [5, 5.41) is 9.96. The van der Waals surface area contributed by atoms with Crippen molar-refractivity contribution in [3.63, 3.8) is 0 Å². The first-order valence-corrected chi connectivity index (χ1v) is 7.16. The average molecular weight is 321 g/mol. The summed E-state index contributed by atoms with van der Waals surface area (Å²) in [7, 11) is 1.56. The molecular weight excluding hydrogens is 304 g/mol. The summed E-state index contributed by atoms with van der Waals surface area (Å²) in [6.45, 7) is 1.94. The molecule has 0 unspecified atom stereocenters. The third-order valence-corrected chi connectivity index (χ3v) is 3.46. The van der Waals surface area contributed by atoms with Crippen molar-refractivity contribution in [2.45, 2.75) is 19.4 Å². The molecule has 22 heavy (non-hydrogen) atoms. The molecule has 0 bridgehead atoms. The third kappa shape index (κ3) is 4.15. The van der Waals surface area contributed by atoms with E-state index in [0.717, 1.165) is 11.1 Å². The van der Waals surface area contributed by atoms with Gasteiger partial charge in [0.2, 0.25) is 0 Å². The van der Waals surface area contributed by atoms with E-state index in [1.165, 1.54) is 0 Å². The molecule has 0 saturated carbocycles. The van der Waals surface area contributed by atoms with E-state index >= 15 is 0 Å². The van der Waals surface area contributed by atoms with E-state index in [0.29, 0.717) is 16.5 Å². The first-order chi connectivity index (χ1) is 10.5. The lowest BCUT2D eigenvalue weighted by Crippen LogP contribution is -2.29. The zero-order valence-electron chi connectivity index (χ0n) is 12.4. The van der Waals surface area contributed by atoms with Gasteiger partial charge in [-0.25, -0.2) is 4.79 Å². The van der Waals surface area contributed by atoms with Gasteiger partial charge in [0.15, 0.2) is 6.10 Å². The van der Waals surface area contributed by atoms with Crippen molar-refractivity contribution in [3.05, 3.63) is 58.6 Å². The molecule has 1 N–H and O–H groups in total. The number of carbonyl (C=O) groups is 1. The Labute approximate surface area is 134 Å². The van der Waals surface area contributed by atoms with Gasteiger partial charge in [-0.15, -0.1) is 0 Å². The second-order valence-corrected chi connectivity index (χ2v) is 5.35. The highest BCUT2D eigenvalue weighted by Gasteiger charge is 2.22. The summed E-state index contributed by atoms with van der Waals surface area (Å²) in [5.74, 6) is 0.0819. The molecule has 0 aliphatic rings. The monoisotopic (exact) mass is 320 g/mol. The van der Waals surface area contributed by atoms with Crippen LogP contribution in [0.4, 0.5) is 0 Å². The van der Waals surface area contributed by atoms with Gasteiger partial charge in [0.1, 0.15) is 11.5 Å². The normalized spacial score (nSPS) is 11.8. The minimum Gasteiger partial charge on any atom is -0.496 e. The summed E-state index contributed by atoms with van der Waals surface area (Å²) >= 11 is 5.81. The van der Waals surface area contributed by atoms with Gasteiger partial charge in [0.25, 0.3) is 0 Å². The van der Waals surface area contributed by atoms with Gasteiger partial charge in [0, 0.05) is 11.4 Å². The molecule has 0 radical (unpaired) electrons. The van der Waals surface area contributed by atoms with Crippen LogP contribution in [-0.4, -0.2) is 24.3 Å². The Morgan fingerprint density at radius 3 is 2.50 bits per heavy atom. The van der Waals surface area contributed by atoms with Gasteiger partial charge in [-0.1, -0.05) is 29.3 Å². The standard InChI is InChI=1S/C17H17ClO4/c1-11-3-8-15(21-2)12(9-11)10-16(17(19)20)22-14-6-4-13(18)5-7-14/h3-9,16H,10H2,1-2H3,(H,19,20)/t16-/m1/s1. The molecule has 116 valence electrons. The molecule has 4 nitrogen and oxygen atoms in total. The summed E-state index contributed by atoms with van der Waals surface area (Å²) in [6, 6.07) is 12.2. The Morgan fingerprint density at radius 1 is 1.23 bits per heavy atom. The van der Waals surface area contributed by atoms with Gasteiger partial charge < -0.3 is 14.6 Å². The van der Waals surface area contributed by atoms with Crippen LogP contribution < -0.4 is 9.47 Å². The highest BCUT2D eigenvalue weighted by Crippen LogP contribution is 2.23. The number of aryl methyl sites for hydroxylation is 1. The molecule has 0 aliphatic heterocycles. The smallest absolute Gasteiger partial charge is 0.345 e. The second-order valence-electron chi connectivity index (χ2n) is 4.92. The third-order valence-electron chi connectivity index (χ3n) is 3.21. The molecule has 2 aromatic carbocycles. The zero-order valence-corrected chi connectivity index (χ0v) is 13.1. The minimum atomic E-state index is -1.03. The minimum absolute atomic E-state index is 0.211. The average Bonchev–Trinajstić information content (AvgIpc) is 2.49. The summed E-state index contributed by atoms with van der Waals surface area (Å²) in [6.07, 6.45) is -0.792. The molecule has 2 aromatic rings. The largest absolute Gasteiger partial charge is 0.496 e. The number of hydrogen-bond acceptors (Lipinski definition) is 3. The Bertz CT molecular complexity index is 652. The maximum atomic E-state index is 11.5. The molecule has 0 aliphatic carbocycles. The molecule has 0 amide bonds. The summed E-state index contributed by atoms with van der Waals surface area (Å²) < 4.78 is 10.8. The number of hydrogen-bond donors (Lipinski definition) is 1. The molecule has 0 heterocycles. The Balaban J connectivity index is 2.20. The number of methoxy groups -OCH3 is 1. The van der Waals surface area contributed by atoms with E-state index in [4.69, 9.17) is 21.1 Å². The highest BCUT2D eigenvalue weighted by atomic mass is 35.5. The maximum Gasteiger partial charge on any atom is 0.345 e. The van der Waals surface area contributed by atoms with Crippen LogP contribution in [0.3, 0.4) is 0 Å². The first kappa shape index (κ1) is 16.2. The fourth-order valence-corrected chi connectivity index (χ4v) is 2.25. The summed E-state index contributed by atoms with van der Waals surface area (Å²) in [5.41, 5.74) is 1.83. The van der Waals surface area contributed by atoms with E-state index in [2.05, 4.69) is 0 Å². The number of carboxylic acid groups (broad SMARTS) is 1. The van der Waals surface area contributed by atoms with Gasteiger partial charge in [-0.05, 0) is 42.8 Å². The maximum absolute atomic E-state index is 11.5. The number of rotatable bonds is 6. The SMILES string of the molecule is COc1ccc(C)cc1C[C@@H](Oc1ccc(Cl)cc1)C(=O)O. The Morgan fingerprint density at radius 2 is 1.91 bits per heavy atom. The first-order valence-electron chi connectivity index (χ1n) is 6.78. The van der Waals surface area contributed by atoms with E-state index in [-0.39, 0.29) is 6.42 Å². The Hall–Kier alpha value is -2.20. The van der Waals surface area contributed by atoms with Crippen LogP contribution in [-0.2, 0) is 11.2 Å². The molecule has 0 spiro atoms. The van der Waals surface area contributed by atoms with Gasteiger partial charge >= 0.3 is 5.97 Å². The quantitative estimate of drug-likeness (QED) is 0.881. The van der Waals surface area contributed by atoms with Crippen LogP contribution >= 0.6 is 11.6 Å². The predicted octanol–water partition coefficient (Wildman–Crippen LogP) is 3.73. The number of ether oxygens (including phenoxy) is 2. The molecule has 0 saturated heterocycles. The van der Waals surface area contributed by atoms with E-state index in [1.54, 1.807) is 31.4 Å². The van der Waals surface area contributed by atoms with Crippen LogP contribution in [0.1, 0.15) is 11.1 Å². The molecule has 2 rings (SSSR count). The molecular formula is C17H17ClO4. The van der Waals surface area contributed by atoms with E-state index in [9.17, 15) is 9.90 Å². The zero-order chi connectivity index (χ0) is 16.1. The molecule has 1 atom stereocenters.